The summed E-state index contributed by atoms with van der Waals surface area (Å²) in [5.41, 5.74) is -3.83. The van der Waals surface area contributed by atoms with Gasteiger partial charge in [-0.15, -0.1) is 0 Å². The van der Waals surface area contributed by atoms with Gasteiger partial charge in [0.15, 0.2) is 40.5 Å². The lowest BCUT2D eigenvalue weighted by Crippen LogP contribution is -2.58. The topological polar surface area (TPSA) is 258 Å². The maximum absolute atomic E-state index is 13.9. The van der Waals surface area contributed by atoms with E-state index in [0.29, 0.717) is 0 Å². The van der Waals surface area contributed by atoms with Crippen LogP contribution in [0.5, 0.6) is 23.0 Å². The summed E-state index contributed by atoms with van der Waals surface area (Å²) >= 11 is 0. The molecule has 15 heteroatoms. The quantitative estimate of drug-likeness (QED) is 0.107. The highest BCUT2D eigenvalue weighted by Gasteiger charge is 2.62. The van der Waals surface area contributed by atoms with Crippen LogP contribution in [0.25, 0.3) is 6.08 Å². The smallest absolute Gasteiger partial charge is 0.335 e. The second-order valence-corrected chi connectivity index (χ2v) is 11.4. The summed E-state index contributed by atoms with van der Waals surface area (Å²) < 4.78 is 16.8. The number of ether oxygens (including phenoxy) is 3. The van der Waals surface area contributed by atoms with Gasteiger partial charge in [-0.1, -0.05) is 12.1 Å². The number of hydrogen-bond donors (Lipinski definition) is 8. The number of phenols is 4. The number of carbonyl (C=O) groups excluding carboxylic acids is 3. The molecule has 8 N–H and O–H groups in total. The molecular formula is C31H30O15. The van der Waals surface area contributed by atoms with Gasteiger partial charge >= 0.3 is 17.9 Å². The number of fused-ring (bicyclic) bond motifs is 2. The molecule has 0 spiro atoms. The largest absolute Gasteiger partial charge is 0.504 e. The van der Waals surface area contributed by atoms with E-state index in [1.165, 1.54) is 30.4 Å². The third-order valence-corrected chi connectivity index (χ3v) is 8.41. The number of esters is 2. The first kappa shape index (κ1) is 32.4. The van der Waals surface area contributed by atoms with Crippen molar-refractivity contribution in [2.45, 2.75) is 54.4 Å². The Morgan fingerprint density at radius 2 is 1.63 bits per heavy atom. The molecule has 1 saturated heterocycles. The zero-order valence-electron chi connectivity index (χ0n) is 23.8. The second kappa shape index (κ2) is 12.1. The van der Waals surface area contributed by atoms with Crippen LogP contribution >= 0.6 is 0 Å². The fourth-order valence-electron chi connectivity index (χ4n) is 6.12. The molecule has 3 aliphatic rings. The van der Waals surface area contributed by atoms with Crippen molar-refractivity contribution in [2.24, 2.45) is 5.92 Å². The molecule has 15 nitrogen and oxygen atoms in total. The lowest BCUT2D eigenvalue weighted by molar-refractivity contribution is -0.208. The molecule has 0 amide bonds. The van der Waals surface area contributed by atoms with Gasteiger partial charge in [-0.2, -0.15) is 0 Å². The normalized spacial score (nSPS) is 31.9. The fourth-order valence-corrected chi connectivity index (χ4v) is 6.12. The maximum atomic E-state index is 13.9. The Morgan fingerprint density at radius 3 is 2.26 bits per heavy atom. The molecule has 0 aromatic heterocycles. The van der Waals surface area contributed by atoms with E-state index in [9.17, 15) is 60.0 Å². The zero-order valence-corrected chi connectivity index (χ0v) is 23.8. The summed E-state index contributed by atoms with van der Waals surface area (Å²) in [6.45, 7) is -0.727. The number of benzene rings is 2. The van der Waals surface area contributed by atoms with Crippen LogP contribution in [0.2, 0.25) is 0 Å². The first-order valence-electron chi connectivity index (χ1n) is 14.0. The Morgan fingerprint density at radius 1 is 0.957 bits per heavy atom. The number of aliphatic hydroxyl groups excluding tert-OH is 2. The molecule has 1 saturated carbocycles. The van der Waals surface area contributed by atoms with Crippen molar-refractivity contribution in [2.75, 3.05) is 6.61 Å². The summed E-state index contributed by atoms with van der Waals surface area (Å²) in [5.74, 6) is -9.35. The molecule has 2 aliphatic heterocycles. The minimum absolute atomic E-state index is 0.159. The summed E-state index contributed by atoms with van der Waals surface area (Å²) in [7, 11) is 0. The molecule has 2 aromatic rings. The van der Waals surface area contributed by atoms with Crippen LogP contribution in [0, 0.1) is 5.92 Å². The number of ketones is 1. The van der Waals surface area contributed by atoms with Crippen molar-refractivity contribution in [3.05, 3.63) is 65.8 Å². The van der Waals surface area contributed by atoms with Gasteiger partial charge in [-0.05, 0) is 53.6 Å². The van der Waals surface area contributed by atoms with E-state index in [2.05, 4.69) is 0 Å². The van der Waals surface area contributed by atoms with Crippen LogP contribution in [-0.2, 0) is 33.4 Å². The van der Waals surface area contributed by atoms with Gasteiger partial charge in [-0.3, -0.25) is 9.59 Å². The predicted octanol–water partition coefficient (Wildman–Crippen LogP) is -0.0150. The van der Waals surface area contributed by atoms with Crippen molar-refractivity contribution < 1.29 is 74.2 Å². The average Bonchev–Trinajstić information content (AvgIpc) is 3.29. The fraction of sp³-hybridized carbons (Fsp3) is 0.355. The minimum atomic E-state index is -2.61. The SMILES string of the molecule is O=C(/C=C/c1ccc(O)c(O)c1)O[C@@H]1[C@H](O)C[C@@](O)(C(=O)O)C[C@H]1OC(=O)[C@H]1[C@@H]2O[C@@](CO)(C=CC2=O)[C@@H]1c1ccc(O)c(O)c1. The van der Waals surface area contributed by atoms with E-state index in [1.807, 2.05) is 0 Å². The molecular weight excluding hydrogens is 612 g/mol. The number of hydrogen-bond acceptors (Lipinski definition) is 14. The van der Waals surface area contributed by atoms with Gasteiger partial charge in [0.2, 0.25) is 0 Å². The number of carbonyl (C=O) groups is 4. The Kier molecular flexibility index (Phi) is 8.53. The monoisotopic (exact) mass is 642 g/mol. The number of aliphatic hydroxyl groups is 3. The van der Waals surface area contributed by atoms with Gasteiger partial charge in [0.25, 0.3) is 0 Å². The number of aromatic hydroxyl groups is 4. The first-order valence-corrected chi connectivity index (χ1v) is 14.0. The molecule has 5 rings (SSSR count). The molecule has 8 atom stereocenters. The minimum Gasteiger partial charge on any atom is -0.504 e. The first-order chi connectivity index (χ1) is 21.7. The van der Waals surface area contributed by atoms with E-state index >= 15 is 0 Å². The molecule has 2 bridgehead atoms. The van der Waals surface area contributed by atoms with E-state index < -0.39 is 114 Å². The third kappa shape index (κ3) is 5.88. The molecule has 2 aromatic carbocycles. The van der Waals surface area contributed by atoms with Crippen molar-refractivity contribution in [3.63, 3.8) is 0 Å². The molecule has 2 fully saturated rings. The van der Waals surface area contributed by atoms with E-state index in [4.69, 9.17) is 14.2 Å². The highest BCUT2D eigenvalue weighted by atomic mass is 16.6. The number of carboxylic acid groups (broad SMARTS) is 1. The summed E-state index contributed by atoms with van der Waals surface area (Å²) in [5, 5.41) is 80.6. The lowest BCUT2D eigenvalue weighted by Gasteiger charge is -2.41. The highest BCUT2D eigenvalue weighted by Crippen LogP contribution is 2.52. The van der Waals surface area contributed by atoms with E-state index in [1.54, 1.807) is 0 Å². The Labute approximate surface area is 259 Å². The van der Waals surface area contributed by atoms with Crippen LogP contribution in [0.1, 0.15) is 29.9 Å². The predicted molar refractivity (Wildman–Crippen MR) is 151 cm³/mol. The van der Waals surface area contributed by atoms with Crippen LogP contribution < -0.4 is 0 Å². The second-order valence-electron chi connectivity index (χ2n) is 11.4. The summed E-state index contributed by atoms with van der Waals surface area (Å²) in [4.78, 5) is 51.4. The van der Waals surface area contributed by atoms with Gasteiger partial charge < -0.3 is 55.1 Å². The number of carboxylic acids is 1. The van der Waals surface area contributed by atoms with E-state index in [-0.39, 0.29) is 11.1 Å². The third-order valence-electron chi connectivity index (χ3n) is 8.41. The van der Waals surface area contributed by atoms with Crippen molar-refractivity contribution in [3.8, 4) is 23.0 Å². The summed E-state index contributed by atoms with van der Waals surface area (Å²) in [6.07, 6.45) is -4.00. The molecule has 0 unspecified atom stereocenters. The van der Waals surface area contributed by atoms with Gasteiger partial charge in [0.05, 0.1) is 12.7 Å². The van der Waals surface area contributed by atoms with E-state index in [0.717, 1.165) is 30.4 Å². The number of phenolic OH excluding ortho intramolecular Hbond substituents is 4. The van der Waals surface area contributed by atoms with Gasteiger partial charge in [0, 0.05) is 24.8 Å². The molecule has 1 aliphatic carbocycles. The zero-order chi connectivity index (χ0) is 33.6. The molecule has 46 heavy (non-hydrogen) atoms. The molecule has 2 heterocycles. The van der Waals surface area contributed by atoms with Crippen molar-refractivity contribution in [1.82, 2.24) is 0 Å². The Hall–Kier alpha value is -4.96. The van der Waals surface area contributed by atoms with Gasteiger partial charge in [-0.25, -0.2) is 9.59 Å². The molecule has 244 valence electrons. The lowest BCUT2D eigenvalue weighted by atomic mass is 9.75. The van der Waals surface area contributed by atoms with Crippen LogP contribution in [-0.4, -0.2) is 107 Å². The summed E-state index contributed by atoms with van der Waals surface area (Å²) in [6, 6.07) is 7.25. The standard InChI is InChI=1S/C31H30O15/c32-13-31-8-7-18(35)27(46-31)24(25(31)15-3-5-17(34)20(37)10-15)28(40)44-22-12-30(43,29(41)42)11-21(38)26(22)45-23(39)6-2-14-1-4-16(33)19(36)9-14/h1-10,21-22,24-27,32-34,36-38,43H,11-13H2,(H,41,42)/b6-2+/t21-,22-,24-,25-,26-,27-,30+,31-/m1/s1. The van der Waals surface area contributed by atoms with Crippen molar-refractivity contribution in [1.29, 1.82) is 0 Å². The van der Waals surface area contributed by atoms with Crippen LogP contribution in [0.4, 0.5) is 0 Å². The Bertz CT molecular complexity index is 1630. The average molecular weight is 643 g/mol. The Balaban J connectivity index is 1.45. The molecule has 0 radical (unpaired) electrons. The maximum Gasteiger partial charge on any atom is 0.335 e. The number of rotatable bonds is 8. The van der Waals surface area contributed by atoms with Crippen LogP contribution in [0.3, 0.4) is 0 Å². The van der Waals surface area contributed by atoms with Crippen molar-refractivity contribution >= 4 is 29.8 Å². The number of aliphatic carboxylic acids is 1. The highest BCUT2D eigenvalue weighted by molar-refractivity contribution is 5.99. The van der Waals surface area contributed by atoms with Crippen LogP contribution in [0.15, 0.2) is 54.6 Å². The van der Waals surface area contributed by atoms with Gasteiger partial charge in [0.1, 0.15) is 23.7 Å².